The molecule has 0 aliphatic carbocycles. The summed E-state index contributed by atoms with van der Waals surface area (Å²) in [6.45, 7) is 4.65. The largest absolute Gasteiger partial charge is 0.469 e. The first-order valence-corrected chi connectivity index (χ1v) is 5.08. The van der Waals surface area contributed by atoms with E-state index < -0.39 is 0 Å². The number of hydrogen-bond acceptors (Lipinski definition) is 3. The molecule has 3 nitrogen and oxygen atoms in total. The van der Waals surface area contributed by atoms with Crippen molar-refractivity contribution >= 4 is 0 Å². The molecule has 0 aliphatic rings. The van der Waals surface area contributed by atoms with Crippen molar-refractivity contribution in [2.45, 2.75) is 38.8 Å². The maximum atomic E-state index is 5.87. The quantitative estimate of drug-likeness (QED) is 0.758. The maximum Gasteiger partial charge on any atom is 0.103 e. The van der Waals surface area contributed by atoms with Crippen LogP contribution in [0.5, 0.6) is 0 Å². The van der Waals surface area contributed by atoms with Gasteiger partial charge in [0, 0.05) is 12.5 Å². The monoisotopic (exact) mass is 197 g/mol. The Kier molecular flexibility index (Phi) is 4.70. The van der Waals surface area contributed by atoms with Gasteiger partial charge in [0.25, 0.3) is 0 Å². The third kappa shape index (κ3) is 4.44. The van der Waals surface area contributed by atoms with E-state index in [1.807, 2.05) is 26.0 Å². The molecule has 3 heteroatoms. The standard InChI is InChI=1S/C11H19NO2/c1-9(2)14-8-10(12)5-6-11-4-3-7-13-11/h3-4,7,9-10H,5-6,8,12H2,1-2H3. The summed E-state index contributed by atoms with van der Waals surface area (Å²) in [5.41, 5.74) is 5.87. The van der Waals surface area contributed by atoms with Crippen molar-refractivity contribution in [3.05, 3.63) is 24.2 Å². The molecule has 1 unspecified atom stereocenters. The maximum absolute atomic E-state index is 5.87. The Bertz CT molecular complexity index is 231. The first-order chi connectivity index (χ1) is 6.68. The Hall–Kier alpha value is -0.800. The number of rotatable bonds is 6. The zero-order chi connectivity index (χ0) is 10.4. The van der Waals surface area contributed by atoms with Gasteiger partial charge in [0.1, 0.15) is 5.76 Å². The molecule has 0 amide bonds. The van der Waals surface area contributed by atoms with Crippen molar-refractivity contribution in [1.82, 2.24) is 0 Å². The van der Waals surface area contributed by atoms with Crippen LogP contribution in [-0.2, 0) is 11.2 Å². The van der Waals surface area contributed by atoms with E-state index in [2.05, 4.69) is 0 Å². The average Bonchev–Trinajstić information content (AvgIpc) is 2.63. The van der Waals surface area contributed by atoms with E-state index in [0.717, 1.165) is 18.6 Å². The van der Waals surface area contributed by atoms with Gasteiger partial charge >= 0.3 is 0 Å². The lowest BCUT2D eigenvalue weighted by Crippen LogP contribution is -2.28. The summed E-state index contributed by atoms with van der Waals surface area (Å²) in [4.78, 5) is 0. The first-order valence-electron chi connectivity index (χ1n) is 5.08. The lowest BCUT2D eigenvalue weighted by Gasteiger charge is -2.13. The predicted molar refractivity (Wildman–Crippen MR) is 56.1 cm³/mol. The number of aryl methyl sites for hydroxylation is 1. The Morgan fingerprint density at radius 3 is 2.86 bits per heavy atom. The van der Waals surface area contributed by atoms with Gasteiger partial charge < -0.3 is 14.9 Å². The van der Waals surface area contributed by atoms with E-state index in [4.69, 9.17) is 14.9 Å². The molecule has 0 fully saturated rings. The second-order valence-electron chi connectivity index (χ2n) is 3.76. The SMILES string of the molecule is CC(C)OCC(N)CCc1ccco1. The van der Waals surface area contributed by atoms with Gasteiger partial charge in [-0.3, -0.25) is 0 Å². The van der Waals surface area contributed by atoms with Gasteiger partial charge in [-0.2, -0.15) is 0 Å². The Morgan fingerprint density at radius 2 is 2.29 bits per heavy atom. The van der Waals surface area contributed by atoms with Crippen molar-refractivity contribution < 1.29 is 9.15 Å². The summed E-state index contributed by atoms with van der Waals surface area (Å²) in [6, 6.07) is 3.96. The summed E-state index contributed by atoms with van der Waals surface area (Å²) in [5, 5.41) is 0. The second kappa shape index (κ2) is 5.83. The highest BCUT2D eigenvalue weighted by Gasteiger charge is 2.05. The molecular formula is C11H19NO2. The van der Waals surface area contributed by atoms with Crippen LogP contribution in [0.25, 0.3) is 0 Å². The van der Waals surface area contributed by atoms with Crippen LogP contribution in [0.4, 0.5) is 0 Å². The molecule has 0 radical (unpaired) electrons. The van der Waals surface area contributed by atoms with Gasteiger partial charge in [0.15, 0.2) is 0 Å². The molecule has 1 rings (SSSR count). The van der Waals surface area contributed by atoms with Crippen LogP contribution in [0.3, 0.4) is 0 Å². The minimum absolute atomic E-state index is 0.0995. The van der Waals surface area contributed by atoms with Gasteiger partial charge in [-0.25, -0.2) is 0 Å². The molecule has 0 saturated carbocycles. The van der Waals surface area contributed by atoms with Gasteiger partial charge in [0.2, 0.25) is 0 Å². The van der Waals surface area contributed by atoms with E-state index >= 15 is 0 Å². The van der Waals surface area contributed by atoms with Crippen LogP contribution in [-0.4, -0.2) is 18.8 Å². The molecule has 0 spiro atoms. The average molecular weight is 197 g/mol. The summed E-state index contributed by atoms with van der Waals surface area (Å²) < 4.78 is 10.6. The fourth-order valence-electron chi connectivity index (χ4n) is 1.18. The van der Waals surface area contributed by atoms with Crippen LogP contribution in [0.15, 0.2) is 22.8 Å². The molecule has 1 aromatic rings. The minimum Gasteiger partial charge on any atom is -0.469 e. The molecule has 0 bridgehead atoms. The Labute approximate surface area is 85.2 Å². The number of hydrogen-bond donors (Lipinski definition) is 1. The summed E-state index contributed by atoms with van der Waals surface area (Å²) in [5.74, 6) is 0.991. The molecule has 80 valence electrons. The number of ether oxygens (including phenoxy) is 1. The fourth-order valence-corrected chi connectivity index (χ4v) is 1.18. The summed E-state index contributed by atoms with van der Waals surface area (Å²) >= 11 is 0. The molecule has 1 heterocycles. The Balaban J connectivity index is 2.12. The molecule has 14 heavy (non-hydrogen) atoms. The van der Waals surface area contributed by atoms with E-state index in [1.54, 1.807) is 6.26 Å². The van der Waals surface area contributed by atoms with Gasteiger partial charge in [-0.15, -0.1) is 0 Å². The van der Waals surface area contributed by atoms with Crippen molar-refractivity contribution in [2.24, 2.45) is 5.73 Å². The molecule has 1 atom stereocenters. The number of furan rings is 1. The predicted octanol–water partition coefficient (Wildman–Crippen LogP) is 1.96. The van der Waals surface area contributed by atoms with E-state index in [-0.39, 0.29) is 12.1 Å². The molecule has 0 aromatic carbocycles. The first kappa shape index (κ1) is 11.3. The topological polar surface area (TPSA) is 48.4 Å². The van der Waals surface area contributed by atoms with Crippen molar-refractivity contribution in [2.75, 3.05) is 6.61 Å². The zero-order valence-electron chi connectivity index (χ0n) is 8.90. The van der Waals surface area contributed by atoms with E-state index in [1.165, 1.54) is 0 Å². The molecule has 0 saturated heterocycles. The van der Waals surface area contributed by atoms with Crippen LogP contribution in [0, 0.1) is 0 Å². The van der Waals surface area contributed by atoms with Crippen LogP contribution < -0.4 is 5.73 Å². The second-order valence-corrected chi connectivity index (χ2v) is 3.76. The summed E-state index contributed by atoms with van der Waals surface area (Å²) in [7, 11) is 0. The van der Waals surface area contributed by atoms with Crippen LogP contribution >= 0.6 is 0 Å². The zero-order valence-corrected chi connectivity index (χ0v) is 8.90. The Morgan fingerprint density at radius 1 is 1.50 bits per heavy atom. The molecular weight excluding hydrogens is 178 g/mol. The highest BCUT2D eigenvalue weighted by molar-refractivity contribution is 4.98. The molecule has 1 aromatic heterocycles. The van der Waals surface area contributed by atoms with E-state index in [0.29, 0.717) is 6.61 Å². The smallest absolute Gasteiger partial charge is 0.103 e. The van der Waals surface area contributed by atoms with Crippen LogP contribution in [0.2, 0.25) is 0 Å². The lowest BCUT2D eigenvalue weighted by atomic mass is 10.1. The molecule has 0 aliphatic heterocycles. The highest BCUT2D eigenvalue weighted by atomic mass is 16.5. The van der Waals surface area contributed by atoms with Crippen molar-refractivity contribution in [3.63, 3.8) is 0 Å². The van der Waals surface area contributed by atoms with E-state index in [9.17, 15) is 0 Å². The third-order valence-corrected chi connectivity index (χ3v) is 1.99. The normalized spacial score (nSPS) is 13.4. The van der Waals surface area contributed by atoms with Crippen LogP contribution in [0.1, 0.15) is 26.0 Å². The van der Waals surface area contributed by atoms with Crippen molar-refractivity contribution in [3.8, 4) is 0 Å². The van der Waals surface area contributed by atoms with Gasteiger partial charge in [0.05, 0.1) is 19.0 Å². The fraction of sp³-hybridized carbons (Fsp3) is 0.636. The summed E-state index contributed by atoms with van der Waals surface area (Å²) in [6.07, 6.45) is 3.73. The molecule has 2 N–H and O–H groups in total. The number of nitrogens with two attached hydrogens (primary N) is 1. The highest BCUT2D eigenvalue weighted by Crippen LogP contribution is 2.05. The third-order valence-electron chi connectivity index (χ3n) is 1.99. The van der Waals surface area contributed by atoms with Crippen molar-refractivity contribution in [1.29, 1.82) is 0 Å². The lowest BCUT2D eigenvalue weighted by molar-refractivity contribution is 0.0668. The van der Waals surface area contributed by atoms with Gasteiger partial charge in [-0.1, -0.05) is 0 Å². The van der Waals surface area contributed by atoms with Gasteiger partial charge in [-0.05, 0) is 32.4 Å². The minimum atomic E-state index is 0.0995.